The molecule has 1 atom stereocenters. The summed E-state index contributed by atoms with van der Waals surface area (Å²) in [6.45, 7) is 0. The van der Waals surface area contributed by atoms with Crippen LogP contribution in [0, 0.1) is 0 Å². The zero-order chi connectivity index (χ0) is 10.4. The number of hydrogen-bond acceptors (Lipinski definition) is 1. The molecule has 2 aromatic rings. The van der Waals surface area contributed by atoms with Gasteiger partial charge < -0.3 is 5.11 Å². The predicted octanol–water partition coefficient (Wildman–Crippen LogP) is 3.58. The van der Waals surface area contributed by atoms with Crippen LogP contribution in [0.1, 0.15) is 23.7 Å². The van der Waals surface area contributed by atoms with E-state index in [1.807, 2.05) is 12.1 Å². The van der Waals surface area contributed by atoms with Gasteiger partial charge in [-0.1, -0.05) is 40.2 Å². The monoisotopic (exact) mass is 262 g/mol. The summed E-state index contributed by atoms with van der Waals surface area (Å²) in [7, 11) is 0. The van der Waals surface area contributed by atoms with Crippen molar-refractivity contribution < 1.29 is 5.11 Å². The molecule has 0 saturated carbocycles. The first kappa shape index (κ1) is 9.37. The second-order valence-corrected chi connectivity index (χ2v) is 4.89. The molecule has 0 heterocycles. The predicted molar refractivity (Wildman–Crippen MR) is 64.9 cm³/mol. The van der Waals surface area contributed by atoms with E-state index in [1.54, 1.807) is 0 Å². The van der Waals surface area contributed by atoms with Crippen molar-refractivity contribution in [1.82, 2.24) is 0 Å². The summed E-state index contributed by atoms with van der Waals surface area (Å²) in [5, 5.41) is 12.4. The van der Waals surface area contributed by atoms with Gasteiger partial charge in [-0.15, -0.1) is 0 Å². The first-order valence-electron chi connectivity index (χ1n) is 5.15. The van der Waals surface area contributed by atoms with Crippen LogP contribution in [0.3, 0.4) is 0 Å². The van der Waals surface area contributed by atoms with E-state index >= 15 is 0 Å². The molecule has 2 aromatic carbocycles. The van der Waals surface area contributed by atoms with E-state index in [-0.39, 0.29) is 6.10 Å². The third-order valence-electron chi connectivity index (χ3n) is 3.15. The van der Waals surface area contributed by atoms with Gasteiger partial charge in [-0.05, 0) is 40.8 Å². The maximum atomic E-state index is 9.95. The van der Waals surface area contributed by atoms with Crippen LogP contribution in [-0.4, -0.2) is 5.11 Å². The Kier molecular flexibility index (Phi) is 2.08. The fraction of sp³-hybridized carbons (Fsp3) is 0.231. The van der Waals surface area contributed by atoms with E-state index in [9.17, 15) is 5.11 Å². The molecular weight excluding hydrogens is 252 g/mol. The molecule has 0 aliphatic heterocycles. The number of benzene rings is 2. The topological polar surface area (TPSA) is 20.2 Å². The van der Waals surface area contributed by atoms with Crippen LogP contribution in [-0.2, 0) is 6.42 Å². The SMILES string of the molecule is OC1CCc2ccc(Br)c3cccc1c23. The third-order valence-corrected chi connectivity index (χ3v) is 3.84. The van der Waals surface area contributed by atoms with Gasteiger partial charge in [-0.25, -0.2) is 0 Å². The molecule has 0 bridgehead atoms. The maximum absolute atomic E-state index is 9.95. The van der Waals surface area contributed by atoms with E-state index in [4.69, 9.17) is 0 Å². The van der Waals surface area contributed by atoms with E-state index < -0.39 is 0 Å². The average molecular weight is 263 g/mol. The Morgan fingerprint density at radius 1 is 1.20 bits per heavy atom. The van der Waals surface area contributed by atoms with Crippen LogP contribution in [0.25, 0.3) is 10.8 Å². The fourth-order valence-electron chi connectivity index (χ4n) is 2.41. The number of aliphatic hydroxyl groups excluding tert-OH is 1. The maximum Gasteiger partial charge on any atom is 0.0799 e. The summed E-state index contributed by atoms with van der Waals surface area (Å²) in [6, 6.07) is 10.4. The van der Waals surface area contributed by atoms with Crippen molar-refractivity contribution in [3.05, 3.63) is 45.9 Å². The van der Waals surface area contributed by atoms with Gasteiger partial charge in [0.25, 0.3) is 0 Å². The summed E-state index contributed by atoms with van der Waals surface area (Å²) < 4.78 is 1.11. The van der Waals surface area contributed by atoms with Gasteiger partial charge in [0.05, 0.1) is 6.10 Å². The van der Waals surface area contributed by atoms with Gasteiger partial charge in [0.2, 0.25) is 0 Å². The molecule has 0 spiro atoms. The Morgan fingerprint density at radius 2 is 2.07 bits per heavy atom. The first-order valence-corrected chi connectivity index (χ1v) is 5.95. The highest BCUT2D eigenvalue weighted by molar-refractivity contribution is 9.10. The molecule has 2 heteroatoms. The Balaban J connectivity index is 2.48. The molecule has 0 aromatic heterocycles. The minimum Gasteiger partial charge on any atom is -0.388 e. The van der Waals surface area contributed by atoms with Crippen LogP contribution >= 0.6 is 15.9 Å². The average Bonchev–Trinajstić information content (AvgIpc) is 2.27. The fourth-order valence-corrected chi connectivity index (χ4v) is 2.87. The summed E-state index contributed by atoms with van der Waals surface area (Å²) in [4.78, 5) is 0. The molecular formula is C13H11BrO. The molecule has 1 aliphatic carbocycles. The van der Waals surface area contributed by atoms with Gasteiger partial charge in [-0.3, -0.25) is 0 Å². The summed E-state index contributed by atoms with van der Waals surface area (Å²) >= 11 is 3.56. The lowest BCUT2D eigenvalue weighted by Crippen LogP contribution is -2.07. The number of halogens is 1. The Hall–Kier alpha value is -0.860. The van der Waals surface area contributed by atoms with E-state index in [0.717, 1.165) is 22.9 Å². The zero-order valence-corrected chi connectivity index (χ0v) is 9.79. The van der Waals surface area contributed by atoms with Crippen molar-refractivity contribution in [2.24, 2.45) is 0 Å². The summed E-state index contributed by atoms with van der Waals surface area (Å²) in [5.74, 6) is 0. The van der Waals surface area contributed by atoms with Crippen molar-refractivity contribution in [1.29, 1.82) is 0 Å². The lowest BCUT2D eigenvalue weighted by molar-refractivity contribution is 0.166. The van der Waals surface area contributed by atoms with Crippen LogP contribution in [0.2, 0.25) is 0 Å². The molecule has 1 aliphatic rings. The van der Waals surface area contributed by atoms with Gasteiger partial charge in [0.15, 0.2) is 0 Å². The minimum atomic E-state index is -0.296. The highest BCUT2D eigenvalue weighted by atomic mass is 79.9. The number of aliphatic hydroxyl groups is 1. The first-order chi connectivity index (χ1) is 7.27. The number of rotatable bonds is 0. The Morgan fingerprint density at radius 3 is 2.93 bits per heavy atom. The van der Waals surface area contributed by atoms with Crippen LogP contribution in [0.5, 0.6) is 0 Å². The molecule has 1 unspecified atom stereocenters. The molecule has 0 amide bonds. The van der Waals surface area contributed by atoms with Crippen LogP contribution in [0.4, 0.5) is 0 Å². The number of aryl methyl sites for hydroxylation is 1. The molecule has 0 saturated heterocycles. The van der Waals surface area contributed by atoms with Crippen molar-refractivity contribution >= 4 is 26.7 Å². The molecule has 0 fully saturated rings. The highest BCUT2D eigenvalue weighted by Crippen LogP contribution is 2.37. The summed E-state index contributed by atoms with van der Waals surface area (Å²) in [5.41, 5.74) is 2.43. The van der Waals surface area contributed by atoms with Crippen molar-refractivity contribution in [2.75, 3.05) is 0 Å². The summed E-state index contributed by atoms with van der Waals surface area (Å²) in [6.07, 6.45) is 1.52. The number of hydrogen-bond donors (Lipinski definition) is 1. The van der Waals surface area contributed by atoms with Crippen LogP contribution in [0.15, 0.2) is 34.8 Å². The molecule has 1 N–H and O–H groups in total. The van der Waals surface area contributed by atoms with Crippen LogP contribution < -0.4 is 0 Å². The van der Waals surface area contributed by atoms with E-state index in [2.05, 4.69) is 34.1 Å². The second-order valence-electron chi connectivity index (χ2n) is 4.03. The normalized spacial score (nSPS) is 19.5. The second kappa shape index (κ2) is 3.32. The minimum absolute atomic E-state index is 0.296. The van der Waals surface area contributed by atoms with E-state index in [0.29, 0.717) is 0 Å². The van der Waals surface area contributed by atoms with Gasteiger partial charge in [0.1, 0.15) is 0 Å². The van der Waals surface area contributed by atoms with Crippen molar-refractivity contribution in [2.45, 2.75) is 18.9 Å². The van der Waals surface area contributed by atoms with Gasteiger partial charge in [0, 0.05) is 4.47 Å². The molecule has 1 nitrogen and oxygen atoms in total. The molecule has 0 radical (unpaired) electrons. The largest absolute Gasteiger partial charge is 0.388 e. The van der Waals surface area contributed by atoms with Crippen molar-refractivity contribution in [3.63, 3.8) is 0 Å². The molecule has 3 rings (SSSR count). The standard InChI is InChI=1S/C13H11BrO/c14-11-6-4-8-5-7-12(15)10-3-1-2-9(11)13(8)10/h1-4,6,12,15H,5,7H2. The Bertz CT molecular complexity index is 533. The lowest BCUT2D eigenvalue weighted by atomic mass is 9.87. The molecule has 76 valence electrons. The zero-order valence-electron chi connectivity index (χ0n) is 8.20. The third kappa shape index (κ3) is 1.32. The Labute approximate surface area is 96.9 Å². The van der Waals surface area contributed by atoms with Gasteiger partial charge in [-0.2, -0.15) is 0 Å². The van der Waals surface area contributed by atoms with E-state index in [1.165, 1.54) is 16.3 Å². The quantitative estimate of drug-likeness (QED) is 0.770. The van der Waals surface area contributed by atoms with Gasteiger partial charge >= 0.3 is 0 Å². The van der Waals surface area contributed by atoms with Crippen molar-refractivity contribution in [3.8, 4) is 0 Å². The highest BCUT2D eigenvalue weighted by Gasteiger charge is 2.19. The lowest BCUT2D eigenvalue weighted by Gasteiger charge is -2.22. The molecule has 15 heavy (non-hydrogen) atoms. The smallest absolute Gasteiger partial charge is 0.0799 e.